The van der Waals surface area contributed by atoms with Crippen LogP contribution in [0.5, 0.6) is 0 Å². The highest BCUT2D eigenvalue weighted by Gasteiger charge is 2.32. The van der Waals surface area contributed by atoms with Crippen LogP contribution in [0.4, 0.5) is 0 Å². The van der Waals surface area contributed by atoms with Gasteiger partial charge in [-0.15, -0.1) is 0 Å². The van der Waals surface area contributed by atoms with Gasteiger partial charge in [0.15, 0.2) is 6.79 Å². The maximum atomic E-state index is 11.0. The zero-order valence-electron chi connectivity index (χ0n) is 5.50. The van der Waals surface area contributed by atoms with Crippen LogP contribution in [0.25, 0.3) is 0 Å². The van der Waals surface area contributed by atoms with Crippen LogP contribution in [-0.4, -0.2) is 13.0 Å². The fraction of sp³-hybridized carbons (Fsp3) is 1.00. The molecule has 0 saturated carbocycles. The van der Waals surface area contributed by atoms with E-state index in [9.17, 15) is 4.57 Å². The van der Waals surface area contributed by atoms with E-state index in [1.54, 1.807) is 0 Å². The van der Waals surface area contributed by atoms with Gasteiger partial charge in [-0.1, -0.05) is 13.3 Å². The quantitative estimate of drug-likeness (QED) is 0.577. The van der Waals surface area contributed by atoms with Gasteiger partial charge in [0, 0.05) is 0 Å². The summed E-state index contributed by atoms with van der Waals surface area (Å²) < 4.78 is 20.5. The highest BCUT2D eigenvalue weighted by Crippen LogP contribution is 2.56. The van der Waals surface area contributed by atoms with E-state index in [1.165, 1.54) is 0 Å². The largest absolute Gasteiger partial charge is 0.334 e. The van der Waals surface area contributed by atoms with Gasteiger partial charge in [-0.2, -0.15) is 0 Å². The summed E-state index contributed by atoms with van der Waals surface area (Å²) in [5.74, 6) is 0. The monoisotopic (exact) mass is 150 g/mol. The lowest BCUT2D eigenvalue weighted by Crippen LogP contribution is -2.12. The molecule has 1 rings (SSSR count). The van der Waals surface area contributed by atoms with E-state index in [2.05, 4.69) is 0 Å². The number of rotatable bonds is 3. The fourth-order valence-electron chi connectivity index (χ4n) is 0.651. The summed E-state index contributed by atoms with van der Waals surface area (Å²) in [5, 5.41) is 0. The summed E-state index contributed by atoms with van der Waals surface area (Å²) in [5.41, 5.74) is 0. The molecule has 1 fully saturated rings. The molecule has 0 amide bonds. The molecule has 0 aliphatic carbocycles. The average Bonchev–Trinajstić information content (AvgIpc) is 1.79. The van der Waals surface area contributed by atoms with E-state index in [1.807, 2.05) is 6.92 Å². The molecule has 1 aliphatic heterocycles. The molecule has 54 valence electrons. The number of hydrogen-bond acceptors (Lipinski definition) is 3. The molecule has 0 N–H and O–H groups in total. The van der Waals surface area contributed by atoms with Crippen LogP contribution in [0, 0.1) is 0 Å². The number of hydrogen-bond donors (Lipinski definition) is 0. The lowest BCUT2D eigenvalue weighted by molar-refractivity contribution is 0.00892. The molecule has 9 heavy (non-hydrogen) atoms. The zero-order chi connectivity index (χ0) is 6.74. The smallest absolute Gasteiger partial charge is 0.280 e. The van der Waals surface area contributed by atoms with Crippen molar-refractivity contribution in [2.45, 2.75) is 19.8 Å². The van der Waals surface area contributed by atoms with Gasteiger partial charge < -0.3 is 0 Å². The third kappa shape index (κ3) is 1.78. The van der Waals surface area contributed by atoms with E-state index in [4.69, 9.17) is 9.05 Å². The maximum absolute atomic E-state index is 11.0. The Morgan fingerprint density at radius 1 is 1.56 bits per heavy atom. The molecule has 0 radical (unpaired) electrons. The average molecular weight is 150 g/mol. The van der Waals surface area contributed by atoms with E-state index in [-0.39, 0.29) is 6.79 Å². The zero-order valence-corrected chi connectivity index (χ0v) is 6.39. The second-order valence-corrected chi connectivity index (χ2v) is 4.25. The van der Waals surface area contributed by atoms with Crippen LogP contribution in [0.1, 0.15) is 19.8 Å². The molecule has 3 nitrogen and oxygen atoms in total. The molecule has 1 saturated heterocycles. The molecule has 0 bridgehead atoms. The first-order valence-corrected chi connectivity index (χ1v) is 4.88. The summed E-state index contributed by atoms with van der Waals surface area (Å²) >= 11 is 0. The third-order valence-electron chi connectivity index (χ3n) is 1.28. The van der Waals surface area contributed by atoms with Crippen LogP contribution in [-0.2, 0) is 13.6 Å². The van der Waals surface area contributed by atoms with E-state index in [0.717, 1.165) is 12.8 Å². The Kier molecular flexibility index (Phi) is 2.28. The van der Waals surface area contributed by atoms with Crippen LogP contribution in [0.15, 0.2) is 0 Å². The predicted molar refractivity (Wildman–Crippen MR) is 34.4 cm³/mol. The van der Waals surface area contributed by atoms with Gasteiger partial charge in [-0.05, 0) is 6.42 Å². The lowest BCUT2D eigenvalue weighted by Gasteiger charge is -2.25. The SMILES string of the molecule is CCCCP1(=O)OCO1. The molecule has 1 heterocycles. The molecular formula is C5H11O3P. The molecule has 0 atom stereocenters. The topological polar surface area (TPSA) is 35.5 Å². The minimum atomic E-state index is -2.51. The van der Waals surface area contributed by atoms with Crippen molar-refractivity contribution in [2.75, 3.05) is 13.0 Å². The van der Waals surface area contributed by atoms with Crippen LogP contribution in [0.3, 0.4) is 0 Å². The van der Waals surface area contributed by atoms with Crippen molar-refractivity contribution < 1.29 is 13.6 Å². The first-order valence-electron chi connectivity index (χ1n) is 3.15. The van der Waals surface area contributed by atoms with Crippen molar-refractivity contribution in [3.63, 3.8) is 0 Å². The Morgan fingerprint density at radius 3 is 2.56 bits per heavy atom. The van der Waals surface area contributed by atoms with Gasteiger partial charge in [0.2, 0.25) is 0 Å². The van der Waals surface area contributed by atoms with Crippen molar-refractivity contribution >= 4 is 7.60 Å². The lowest BCUT2D eigenvalue weighted by atomic mass is 10.4. The van der Waals surface area contributed by atoms with Crippen molar-refractivity contribution in [1.82, 2.24) is 0 Å². The predicted octanol–water partition coefficient (Wildman–Crippen LogP) is 1.98. The highest BCUT2D eigenvalue weighted by molar-refractivity contribution is 7.54. The Hall–Kier alpha value is 0.150. The minimum absolute atomic E-state index is 0.223. The first kappa shape index (κ1) is 7.26. The molecule has 0 aromatic heterocycles. The van der Waals surface area contributed by atoms with Gasteiger partial charge in [-0.25, -0.2) is 0 Å². The summed E-state index contributed by atoms with van der Waals surface area (Å²) in [6, 6.07) is 0. The molecule has 0 unspecified atom stereocenters. The molecular weight excluding hydrogens is 139 g/mol. The van der Waals surface area contributed by atoms with E-state index in [0.29, 0.717) is 6.16 Å². The van der Waals surface area contributed by atoms with Gasteiger partial charge in [0.05, 0.1) is 6.16 Å². The van der Waals surface area contributed by atoms with Crippen molar-refractivity contribution in [2.24, 2.45) is 0 Å². The summed E-state index contributed by atoms with van der Waals surface area (Å²) in [6.45, 7) is 2.27. The second-order valence-electron chi connectivity index (χ2n) is 2.06. The van der Waals surface area contributed by atoms with Crippen LogP contribution in [0.2, 0.25) is 0 Å². The van der Waals surface area contributed by atoms with Gasteiger partial charge in [0.1, 0.15) is 0 Å². The molecule has 1 aliphatic rings. The van der Waals surface area contributed by atoms with Gasteiger partial charge in [0.25, 0.3) is 0 Å². The second kappa shape index (κ2) is 2.82. The Balaban J connectivity index is 2.18. The third-order valence-corrected chi connectivity index (χ3v) is 3.15. The Bertz CT molecular complexity index is 126. The van der Waals surface area contributed by atoms with Crippen LogP contribution >= 0.6 is 7.60 Å². The number of unbranched alkanes of at least 4 members (excludes halogenated alkanes) is 1. The van der Waals surface area contributed by atoms with E-state index < -0.39 is 7.60 Å². The summed E-state index contributed by atoms with van der Waals surface area (Å²) in [6.07, 6.45) is 2.55. The molecule has 0 aromatic carbocycles. The van der Waals surface area contributed by atoms with Gasteiger partial charge >= 0.3 is 7.60 Å². The van der Waals surface area contributed by atoms with Crippen molar-refractivity contribution in [1.29, 1.82) is 0 Å². The van der Waals surface area contributed by atoms with E-state index >= 15 is 0 Å². The van der Waals surface area contributed by atoms with Crippen molar-refractivity contribution in [3.8, 4) is 0 Å². The maximum Gasteiger partial charge on any atom is 0.334 e. The Labute approximate surface area is 54.9 Å². The molecule has 0 spiro atoms. The standard InChI is InChI=1S/C5H11O3P/c1-2-3-4-9(6)7-5-8-9/h2-5H2,1H3. The van der Waals surface area contributed by atoms with Gasteiger partial charge in [-0.3, -0.25) is 13.6 Å². The first-order chi connectivity index (χ1) is 4.27. The Morgan fingerprint density at radius 2 is 2.22 bits per heavy atom. The normalized spacial score (nSPS) is 23.2. The summed E-state index contributed by atoms with van der Waals surface area (Å²) in [4.78, 5) is 0. The summed E-state index contributed by atoms with van der Waals surface area (Å²) in [7, 11) is -2.51. The highest BCUT2D eigenvalue weighted by atomic mass is 31.2. The minimum Gasteiger partial charge on any atom is -0.280 e. The molecule has 4 heteroatoms. The fourth-order valence-corrected chi connectivity index (χ4v) is 1.95. The van der Waals surface area contributed by atoms with Crippen molar-refractivity contribution in [3.05, 3.63) is 0 Å². The van der Waals surface area contributed by atoms with Crippen LogP contribution < -0.4 is 0 Å². The molecule has 0 aromatic rings.